The van der Waals surface area contributed by atoms with Crippen LogP contribution >= 0.6 is 11.3 Å². The van der Waals surface area contributed by atoms with Crippen molar-refractivity contribution in [3.8, 4) is 0 Å². The van der Waals surface area contributed by atoms with Gasteiger partial charge in [0.2, 0.25) is 10.9 Å². The summed E-state index contributed by atoms with van der Waals surface area (Å²) < 4.78 is 5.39. The molecule has 0 atom stereocenters. The molecule has 0 fully saturated rings. The zero-order valence-electron chi connectivity index (χ0n) is 16.8. The minimum Gasteiger partial charge on any atom is -0.378 e. The molecule has 1 aromatic heterocycles. The van der Waals surface area contributed by atoms with E-state index in [0.29, 0.717) is 17.2 Å². The molecule has 3 rings (SSSR count). The third-order valence-electron chi connectivity index (χ3n) is 4.09. The third kappa shape index (κ3) is 6.36. The molecule has 0 unspecified atom stereocenters. The van der Waals surface area contributed by atoms with Crippen molar-refractivity contribution in [3.63, 3.8) is 0 Å². The molecule has 2 amide bonds. The average molecular weight is 426 g/mol. The minimum atomic E-state index is -0.331. The lowest BCUT2D eigenvalue weighted by Gasteiger charge is -2.12. The van der Waals surface area contributed by atoms with Crippen LogP contribution in [0.1, 0.15) is 20.4 Å². The quantitative estimate of drug-likeness (QED) is 0.547. The molecule has 2 N–H and O–H groups in total. The number of benzene rings is 2. The lowest BCUT2D eigenvalue weighted by Crippen LogP contribution is -2.27. The van der Waals surface area contributed by atoms with E-state index in [2.05, 4.69) is 20.8 Å². The molecule has 0 saturated heterocycles. The van der Waals surface area contributed by atoms with Crippen molar-refractivity contribution in [2.45, 2.75) is 13.2 Å². The van der Waals surface area contributed by atoms with Crippen molar-refractivity contribution >= 4 is 34.5 Å². The fourth-order valence-electron chi connectivity index (χ4n) is 2.50. The van der Waals surface area contributed by atoms with E-state index in [1.54, 1.807) is 12.1 Å². The van der Waals surface area contributed by atoms with E-state index in [4.69, 9.17) is 4.74 Å². The van der Waals surface area contributed by atoms with Gasteiger partial charge in [0.05, 0.1) is 0 Å². The second-order valence-corrected chi connectivity index (χ2v) is 7.71. The van der Waals surface area contributed by atoms with Gasteiger partial charge >= 0.3 is 0 Å². The van der Waals surface area contributed by atoms with Crippen LogP contribution in [0.15, 0.2) is 54.6 Å². The Kier molecular flexibility index (Phi) is 7.47. The van der Waals surface area contributed by atoms with Crippen LogP contribution in [0.2, 0.25) is 0 Å². The summed E-state index contributed by atoms with van der Waals surface area (Å²) in [6.07, 6.45) is 0. The number of anilines is 2. The van der Waals surface area contributed by atoms with Gasteiger partial charge in [-0.1, -0.05) is 41.7 Å². The van der Waals surface area contributed by atoms with Crippen LogP contribution in [0.4, 0.5) is 11.4 Å². The zero-order valence-corrected chi connectivity index (χ0v) is 17.6. The first kappa shape index (κ1) is 21.4. The summed E-state index contributed by atoms with van der Waals surface area (Å²) >= 11 is 1.13. The zero-order chi connectivity index (χ0) is 21.3. The summed E-state index contributed by atoms with van der Waals surface area (Å²) in [5, 5.41) is 14.1. The number of hydrogen-bond donors (Lipinski definition) is 2. The maximum absolute atomic E-state index is 12.2. The second-order valence-electron chi connectivity index (χ2n) is 6.65. The van der Waals surface area contributed by atoms with Gasteiger partial charge < -0.3 is 20.3 Å². The summed E-state index contributed by atoms with van der Waals surface area (Å²) in [6.45, 7) is 0.445. The molecule has 8 nitrogen and oxygen atoms in total. The van der Waals surface area contributed by atoms with Gasteiger partial charge in [-0.2, -0.15) is 0 Å². The number of nitrogens with one attached hydrogen (secondary N) is 2. The van der Waals surface area contributed by atoms with Crippen LogP contribution in [0.5, 0.6) is 0 Å². The first-order valence-corrected chi connectivity index (χ1v) is 10.1. The molecule has 1 heterocycles. The molecule has 0 spiro atoms. The third-order valence-corrected chi connectivity index (χ3v) is 4.99. The summed E-state index contributed by atoms with van der Waals surface area (Å²) in [4.78, 5) is 26.1. The van der Waals surface area contributed by atoms with E-state index in [-0.39, 0.29) is 30.0 Å². The van der Waals surface area contributed by atoms with Crippen LogP contribution in [-0.4, -0.2) is 42.7 Å². The molecule has 0 aliphatic heterocycles. The number of amides is 2. The molecule has 9 heteroatoms. The first-order chi connectivity index (χ1) is 14.5. The smallest absolute Gasteiger partial charge is 0.286 e. The fraction of sp³-hybridized carbons (Fsp3) is 0.238. The van der Waals surface area contributed by atoms with Crippen LogP contribution in [0.3, 0.4) is 0 Å². The number of rotatable bonds is 9. The molecule has 0 aliphatic carbocycles. The van der Waals surface area contributed by atoms with E-state index >= 15 is 0 Å². The monoisotopic (exact) mass is 425 g/mol. The highest BCUT2D eigenvalue weighted by Gasteiger charge is 2.13. The number of aromatic nitrogens is 2. The predicted octanol–water partition coefficient (Wildman–Crippen LogP) is 2.69. The second kappa shape index (κ2) is 10.5. The number of carbonyl (C=O) groups is 2. The molecular weight excluding hydrogens is 402 g/mol. The minimum absolute atomic E-state index is 0.0963. The molecule has 0 saturated carbocycles. The largest absolute Gasteiger partial charge is 0.378 e. The Hall–Kier alpha value is -3.30. The van der Waals surface area contributed by atoms with Gasteiger partial charge in [-0.05, 0) is 29.8 Å². The van der Waals surface area contributed by atoms with E-state index in [9.17, 15) is 9.59 Å². The van der Waals surface area contributed by atoms with Gasteiger partial charge in [-0.15, -0.1) is 10.2 Å². The number of hydrogen-bond acceptors (Lipinski definition) is 7. The summed E-state index contributed by atoms with van der Waals surface area (Å²) in [7, 11) is 3.95. The lowest BCUT2D eigenvalue weighted by atomic mass is 10.2. The number of nitrogens with zero attached hydrogens (tertiary/aromatic N) is 3. The van der Waals surface area contributed by atoms with Gasteiger partial charge in [-0.25, -0.2) is 0 Å². The van der Waals surface area contributed by atoms with E-state index in [1.165, 1.54) is 0 Å². The molecule has 3 aromatic rings. The van der Waals surface area contributed by atoms with Gasteiger partial charge in [0.1, 0.15) is 18.2 Å². The van der Waals surface area contributed by atoms with Crippen molar-refractivity contribution in [1.29, 1.82) is 0 Å². The Labute approximate surface area is 178 Å². The van der Waals surface area contributed by atoms with Crippen molar-refractivity contribution in [1.82, 2.24) is 15.5 Å². The standard InChI is InChI=1S/C21H23N5O3S/c1-26(2)17-10-8-15(9-11-17)12-22-18(27)13-29-14-19-24-25-21(30-19)20(28)23-16-6-4-3-5-7-16/h3-11H,12-14H2,1-2H3,(H,22,27)(H,23,28). The number of ether oxygens (including phenoxy) is 1. The molecule has 156 valence electrons. The molecule has 0 radical (unpaired) electrons. The molecule has 0 aliphatic rings. The first-order valence-electron chi connectivity index (χ1n) is 9.31. The maximum atomic E-state index is 12.2. The molecule has 2 aromatic carbocycles. The molecular formula is C21H23N5O3S. The maximum Gasteiger partial charge on any atom is 0.286 e. The van der Waals surface area contributed by atoms with Gasteiger partial charge in [0, 0.05) is 32.0 Å². The highest BCUT2D eigenvalue weighted by atomic mass is 32.1. The number of carbonyl (C=O) groups excluding carboxylic acids is 2. The SMILES string of the molecule is CN(C)c1ccc(CNC(=O)COCc2nnc(C(=O)Nc3ccccc3)s2)cc1. The van der Waals surface area contributed by atoms with Crippen LogP contribution in [0.25, 0.3) is 0 Å². The Morgan fingerprint density at radius 1 is 1.03 bits per heavy atom. The summed E-state index contributed by atoms with van der Waals surface area (Å²) in [5.41, 5.74) is 2.79. The predicted molar refractivity (Wildman–Crippen MR) is 117 cm³/mol. The Balaban J connectivity index is 1.38. The number of para-hydroxylation sites is 1. The van der Waals surface area contributed by atoms with Crippen LogP contribution in [0, 0.1) is 0 Å². The molecule has 0 bridgehead atoms. The highest BCUT2D eigenvalue weighted by molar-refractivity contribution is 7.13. The highest BCUT2D eigenvalue weighted by Crippen LogP contribution is 2.14. The van der Waals surface area contributed by atoms with Gasteiger partial charge in [0.15, 0.2) is 0 Å². The van der Waals surface area contributed by atoms with Crippen molar-refractivity contribution in [3.05, 3.63) is 70.2 Å². The Bertz CT molecular complexity index is 974. The normalized spacial score (nSPS) is 10.5. The fourth-order valence-corrected chi connectivity index (χ4v) is 3.18. The van der Waals surface area contributed by atoms with E-state index < -0.39 is 0 Å². The van der Waals surface area contributed by atoms with E-state index in [0.717, 1.165) is 22.6 Å². The summed E-state index contributed by atoms with van der Waals surface area (Å²) in [6, 6.07) is 17.1. The Morgan fingerprint density at radius 2 is 1.77 bits per heavy atom. The van der Waals surface area contributed by atoms with Gasteiger partial charge in [0.25, 0.3) is 5.91 Å². The average Bonchev–Trinajstić information content (AvgIpc) is 3.22. The van der Waals surface area contributed by atoms with Crippen LogP contribution in [-0.2, 0) is 22.7 Å². The summed E-state index contributed by atoms with van der Waals surface area (Å²) in [5.74, 6) is -0.554. The van der Waals surface area contributed by atoms with Crippen LogP contribution < -0.4 is 15.5 Å². The van der Waals surface area contributed by atoms with Crippen molar-refractivity contribution < 1.29 is 14.3 Å². The van der Waals surface area contributed by atoms with E-state index in [1.807, 2.05) is 61.5 Å². The van der Waals surface area contributed by atoms with Gasteiger partial charge in [-0.3, -0.25) is 9.59 Å². The van der Waals surface area contributed by atoms with Crippen molar-refractivity contribution in [2.75, 3.05) is 30.9 Å². The lowest BCUT2D eigenvalue weighted by molar-refractivity contribution is -0.126. The molecule has 30 heavy (non-hydrogen) atoms. The topological polar surface area (TPSA) is 96.5 Å². The van der Waals surface area contributed by atoms with Crippen molar-refractivity contribution in [2.24, 2.45) is 0 Å². The Morgan fingerprint density at radius 3 is 2.47 bits per heavy atom.